The van der Waals surface area contributed by atoms with Gasteiger partial charge in [-0.3, -0.25) is 0 Å². The van der Waals surface area contributed by atoms with Crippen molar-refractivity contribution in [1.29, 1.82) is 0 Å². The molecule has 0 atom stereocenters. The summed E-state index contributed by atoms with van der Waals surface area (Å²) in [5.74, 6) is 5.75. The first-order valence-electron chi connectivity index (χ1n) is 3.25. The van der Waals surface area contributed by atoms with Gasteiger partial charge in [-0.1, -0.05) is 9.78 Å². The number of nitrogens with two attached hydrogens (primary N) is 3. The minimum absolute atomic E-state index is 0.0577. The first-order chi connectivity index (χ1) is 6.20. The predicted molar refractivity (Wildman–Crippen MR) is 40.5 cm³/mol. The van der Waals surface area contributed by atoms with Gasteiger partial charge in [-0.15, -0.1) is 9.77 Å². The van der Waals surface area contributed by atoms with E-state index < -0.39 is 0 Å². The molecule has 0 spiro atoms. The van der Waals surface area contributed by atoms with Crippen LogP contribution in [-0.2, 0) is 0 Å². The van der Waals surface area contributed by atoms with Gasteiger partial charge < -0.3 is 17.3 Å². The minimum atomic E-state index is 0.0577. The van der Waals surface area contributed by atoms with Crippen molar-refractivity contribution in [2.45, 2.75) is 0 Å². The Morgan fingerprint density at radius 3 is 2.62 bits per heavy atom. The Morgan fingerprint density at radius 1 is 1.38 bits per heavy atom. The van der Waals surface area contributed by atoms with Gasteiger partial charge in [0.25, 0.3) is 0 Å². The second-order valence-electron chi connectivity index (χ2n) is 2.21. The molecule has 0 radical (unpaired) electrons. The Balaban J connectivity index is 2.59. The van der Waals surface area contributed by atoms with Crippen molar-refractivity contribution < 1.29 is 4.68 Å². The van der Waals surface area contributed by atoms with Crippen molar-refractivity contribution in [2.75, 3.05) is 17.3 Å². The van der Waals surface area contributed by atoms with E-state index >= 15 is 0 Å². The van der Waals surface area contributed by atoms with Crippen LogP contribution in [0, 0.1) is 0 Å². The second-order valence-corrected chi connectivity index (χ2v) is 2.21. The molecule has 2 heterocycles. The number of nitrogens with one attached hydrogen (secondary N) is 1. The van der Waals surface area contributed by atoms with Gasteiger partial charge >= 0.3 is 17.8 Å². The van der Waals surface area contributed by atoms with E-state index in [1.54, 1.807) is 0 Å². The molecule has 10 nitrogen and oxygen atoms in total. The van der Waals surface area contributed by atoms with Gasteiger partial charge in [-0.2, -0.15) is 5.21 Å². The van der Waals surface area contributed by atoms with Gasteiger partial charge in [0, 0.05) is 5.10 Å². The fraction of sp³-hybridized carbons (Fsp3) is 0. The van der Waals surface area contributed by atoms with Crippen LogP contribution in [0.5, 0.6) is 0 Å². The summed E-state index contributed by atoms with van der Waals surface area (Å²) in [6.07, 6.45) is 0. The number of hydrogen-bond acceptors (Lipinski definition) is 7. The number of anilines is 2. The Bertz CT molecular complexity index is 410. The lowest BCUT2D eigenvalue weighted by Gasteiger charge is -1.88. The Hall–Kier alpha value is -2.39. The molecule has 0 bridgehead atoms. The normalized spacial score (nSPS) is 10.5. The summed E-state index contributed by atoms with van der Waals surface area (Å²) in [7, 11) is 0. The monoisotopic (exact) mass is 183 g/mol. The molecule has 2 rings (SSSR count). The summed E-state index contributed by atoms with van der Waals surface area (Å²) >= 11 is 0. The van der Waals surface area contributed by atoms with Crippen LogP contribution in [0.15, 0.2) is 0 Å². The number of nitrogen functional groups attached to an aromatic ring is 3. The largest absolute Gasteiger partial charge is 0.367 e. The zero-order chi connectivity index (χ0) is 9.42. The number of rotatable bonds is 1. The zero-order valence-corrected chi connectivity index (χ0v) is 6.42. The molecule has 0 saturated carbocycles. The highest BCUT2D eigenvalue weighted by atomic mass is 15.6. The van der Waals surface area contributed by atoms with Crippen LogP contribution in [0.4, 0.5) is 11.9 Å². The van der Waals surface area contributed by atoms with E-state index in [9.17, 15) is 0 Å². The van der Waals surface area contributed by atoms with Gasteiger partial charge in [0.05, 0.1) is 0 Å². The summed E-state index contributed by atoms with van der Waals surface area (Å²) in [6.45, 7) is 0. The van der Waals surface area contributed by atoms with E-state index in [0.29, 0.717) is 0 Å². The molecule has 0 saturated heterocycles. The van der Waals surface area contributed by atoms with E-state index in [2.05, 4.69) is 25.7 Å². The minimum Gasteiger partial charge on any atom is -0.318 e. The lowest BCUT2D eigenvalue weighted by Crippen LogP contribution is -2.48. The lowest BCUT2D eigenvalue weighted by molar-refractivity contribution is -0.608. The first-order valence-corrected chi connectivity index (χ1v) is 3.25. The van der Waals surface area contributed by atoms with Gasteiger partial charge in [0.1, 0.15) is 0 Å². The Morgan fingerprint density at radius 2 is 2.15 bits per heavy atom. The summed E-state index contributed by atoms with van der Waals surface area (Å²) in [6, 6.07) is 0. The molecule has 68 valence electrons. The summed E-state index contributed by atoms with van der Waals surface area (Å²) < 4.78 is 2.18. The zero-order valence-electron chi connectivity index (χ0n) is 6.42. The molecule has 0 aliphatic heterocycles. The van der Waals surface area contributed by atoms with Crippen molar-refractivity contribution in [1.82, 2.24) is 30.4 Å². The van der Waals surface area contributed by atoms with Crippen LogP contribution in [0.25, 0.3) is 5.95 Å². The van der Waals surface area contributed by atoms with Crippen LogP contribution in [0.2, 0.25) is 0 Å². The third kappa shape index (κ3) is 0.919. The van der Waals surface area contributed by atoms with Crippen LogP contribution in [-0.4, -0.2) is 30.4 Å². The number of nitrogens with zero attached hydrogens (tertiary/aromatic N) is 6. The topological polar surface area (TPSA) is 154 Å². The first kappa shape index (κ1) is 7.27. The van der Waals surface area contributed by atoms with Crippen LogP contribution in [0.1, 0.15) is 0 Å². The molecule has 0 unspecified atom stereocenters. The molecular weight excluding hydrogens is 176 g/mol. The third-order valence-electron chi connectivity index (χ3n) is 1.44. The molecule has 7 N–H and O–H groups in total. The molecule has 10 heteroatoms. The summed E-state index contributed by atoms with van der Waals surface area (Å²) in [5, 5.41) is 16.7. The number of H-pyrrole nitrogens is 1. The van der Waals surface area contributed by atoms with E-state index in [1.165, 1.54) is 4.68 Å². The molecule has 0 aromatic carbocycles. The fourth-order valence-electron chi connectivity index (χ4n) is 0.815. The number of aromatic nitrogens is 7. The molecule has 0 fully saturated rings. The highest BCUT2D eigenvalue weighted by molar-refractivity contribution is 5.23. The van der Waals surface area contributed by atoms with E-state index in [1.807, 2.05) is 0 Å². The van der Waals surface area contributed by atoms with Crippen molar-refractivity contribution in [3.05, 3.63) is 0 Å². The van der Waals surface area contributed by atoms with E-state index in [4.69, 9.17) is 17.3 Å². The maximum Gasteiger partial charge on any atom is 0.367 e. The SMILES string of the molecule is Nc1nn(-c2nn[nH]n2)c(N)[n+]1N. The van der Waals surface area contributed by atoms with Gasteiger partial charge in [0.2, 0.25) is 0 Å². The molecule has 2 aromatic rings. The number of hydrogen-bond donors (Lipinski definition) is 4. The average molecular weight is 183 g/mol. The Labute approximate surface area is 71.3 Å². The van der Waals surface area contributed by atoms with Crippen LogP contribution >= 0.6 is 0 Å². The molecule has 0 aliphatic carbocycles. The van der Waals surface area contributed by atoms with Gasteiger partial charge in [0.15, 0.2) is 0 Å². The summed E-state index contributed by atoms with van der Waals surface area (Å²) in [5.41, 5.74) is 10.9. The lowest BCUT2D eigenvalue weighted by atomic mass is 10.9. The highest BCUT2D eigenvalue weighted by Gasteiger charge is 2.20. The Kier molecular flexibility index (Phi) is 1.28. The molecule has 13 heavy (non-hydrogen) atoms. The van der Waals surface area contributed by atoms with E-state index in [-0.39, 0.29) is 17.8 Å². The third-order valence-corrected chi connectivity index (χ3v) is 1.44. The standard InChI is InChI=1S/C3H6N10/c4-1-9-13(2(5)12(1)6)3-7-10-11-8-3/h5H,6H2,(H3,4,7,8,9,10,11)/p+1. The molecule has 0 amide bonds. The second kappa shape index (κ2) is 2.30. The highest BCUT2D eigenvalue weighted by Crippen LogP contribution is 2.01. The van der Waals surface area contributed by atoms with E-state index in [0.717, 1.165) is 4.68 Å². The van der Waals surface area contributed by atoms with Gasteiger partial charge in [-0.05, 0) is 5.21 Å². The molecule has 0 aliphatic rings. The van der Waals surface area contributed by atoms with Crippen molar-refractivity contribution in [3.63, 3.8) is 0 Å². The van der Waals surface area contributed by atoms with Crippen molar-refractivity contribution in [3.8, 4) is 5.95 Å². The number of tetrazole rings is 1. The summed E-state index contributed by atoms with van der Waals surface area (Å²) in [4.78, 5) is 0. The van der Waals surface area contributed by atoms with Crippen LogP contribution < -0.4 is 22.0 Å². The van der Waals surface area contributed by atoms with Crippen molar-refractivity contribution >= 4 is 11.9 Å². The predicted octanol–water partition coefficient (Wildman–Crippen LogP) is -3.45. The van der Waals surface area contributed by atoms with Crippen LogP contribution in [0.3, 0.4) is 0 Å². The quantitative estimate of drug-likeness (QED) is 0.264. The molecule has 2 aromatic heterocycles. The molecular formula is C3H7N10+. The van der Waals surface area contributed by atoms with Crippen molar-refractivity contribution in [2.24, 2.45) is 0 Å². The average Bonchev–Trinajstić information content (AvgIpc) is 2.70. The number of aromatic amines is 1. The maximum atomic E-state index is 5.53. The maximum absolute atomic E-state index is 5.53. The smallest absolute Gasteiger partial charge is 0.318 e. The van der Waals surface area contributed by atoms with Gasteiger partial charge in [-0.25, -0.2) is 0 Å². The fourth-order valence-corrected chi connectivity index (χ4v) is 0.815.